The van der Waals surface area contributed by atoms with Crippen molar-refractivity contribution in [1.82, 2.24) is 4.57 Å². The van der Waals surface area contributed by atoms with E-state index >= 15 is 0 Å². The lowest BCUT2D eigenvalue weighted by Gasteiger charge is -2.10. The maximum Gasteiger partial charge on any atom is 0.335 e. The molecule has 124 valence electrons. The molecule has 0 aliphatic carbocycles. The number of carbonyl (C=O) groups is 1. The highest BCUT2D eigenvalue weighted by atomic mass is 16.4. The van der Waals surface area contributed by atoms with E-state index in [0.29, 0.717) is 17.7 Å². The van der Waals surface area contributed by atoms with Crippen LogP contribution in [0, 0.1) is 25.2 Å². The van der Waals surface area contributed by atoms with Crippen LogP contribution in [0.3, 0.4) is 0 Å². The minimum absolute atomic E-state index is 0.294. The van der Waals surface area contributed by atoms with E-state index in [1.807, 2.05) is 36.4 Å². The normalized spacial score (nSPS) is 10.4. The van der Waals surface area contributed by atoms with E-state index in [1.54, 1.807) is 12.1 Å². The third-order valence-corrected chi connectivity index (χ3v) is 4.44. The zero-order valence-electron chi connectivity index (χ0n) is 14.2. The maximum absolute atomic E-state index is 11.0. The second-order valence-electron chi connectivity index (χ2n) is 6.06. The van der Waals surface area contributed by atoms with Gasteiger partial charge in [-0.25, -0.2) is 4.79 Å². The Bertz CT molecular complexity index is 959. The summed E-state index contributed by atoms with van der Waals surface area (Å²) in [5.41, 5.74) is 6.50. The van der Waals surface area contributed by atoms with Crippen LogP contribution in [-0.4, -0.2) is 15.6 Å². The van der Waals surface area contributed by atoms with Gasteiger partial charge in [0, 0.05) is 23.5 Å². The van der Waals surface area contributed by atoms with E-state index in [0.717, 1.165) is 28.1 Å². The van der Waals surface area contributed by atoms with Gasteiger partial charge >= 0.3 is 5.97 Å². The van der Waals surface area contributed by atoms with Gasteiger partial charge in [0.15, 0.2) is 0 Å². The molecule has 0 saturated heterocycles. The summed E-state index contributed by atoms with van der Waals surface area (Å²) in [5, 5.41) is 17.9. The van der Waals surface area contributed by atoms with Crippen LogP contribution in [0.15, 0.2) is 54.6 Å². The number of benzene rings is 2. The average molecular weight is 330 g/mol. The molecule has 0 unspecified atom stereocenters. The molecule has 1 heterocycles. The molecule has 0 atom stereocenters. The molecule has 0 fully saturated rings. The molecule has 0 bridgehead atoms. The standard InChI is InChI=1S/C21H18N2O2/c1-14-11-20(18-7-3-16(12-22)4-8-18)15(2)23(14)13-17-5-9-19(10-6-17)21(24)25/h3-11H,13H2,1-2H3,(H,24,25). The molecule has 4 nitrogen and oxygen atoms in total. The van der Waals surface area contributed by atoms with Crippen molar-refractivity contribution in [3.8, 4) is 17.2 Å². The minimum atomic E-state index is -0.914. The molecule has 25 heavy (non-hydrogen) atoms. The molecular formula is C21H18N2O2. The summed E-state index contributed by atoms with van der Waals surface area (Å²) in [6.07, 6.45) is 0. The van der Waals surface area contributed by atoms with Crippen molar-refractivity contribution in [3.05, 3.63) is 82.7 Å². The quantitative estimate of drug-likeness (QED) is 0.771. The number of aromatic nitrogens is 1. The van der Waals surface area contributed by atoms with Crippen molar-refractivity contribution < 1.29 is 9.90 Å². The number of nitriles is 1. The van der Waals surface area contributed by atoms with Gasteiger partial charge < -0.3 is 9.67 Å². The Morgan fingerprint density at radius 2 is 1.72 bits per heavy atom. The average Bonchev–Trinajstić information content (AvgIpc) is 2.90. The Balaban J connectivity index is 1.91. The third-order valence-electron chi connectivity index (χ3n) is 4.44. The van der Waals surface area contributed by atoms with Gasteiger partial charge in [-0.05, 0) is 55.3 Å². The van der Waals surface area contributed by atoms with Crippen LogP contribution in [0.2, 0.25) is 0 Å². The molecule has 0 radical (unpaired) electrons. The van der Waals surface area contributed by atoms with Crippen LogP contribution >= 0.6 is 0 Å². The van der Waals surface area contributed by atoms with Crippen LogP contribution < -0.4 is 0 Å². The first kappa shape index (κ1) is 16.5. The van der Waals surface area contributed by atoms with Gasteiger partial charge in [-0.1, -0.05) is 24.3 Å². The summed E-state index contributed by atoms with van der Waals surface area (Å²) >= 11 is 0. The summed E-state index contributed by atoms with van der Waals surface area (Å²) < 4.78 is 2.21. The van der Waals surface area contributed by atoms with E-state index in [-0.39, 0.29) is 0 Å². The van der Waals surface area contributed by atoms with E-state index in [1.165, 1.54) is 0 Å². The largest absolute Gasteiger partial charge is 0.478 e. The number of hydrogen-bond donors (Lipinski definition) is 1. The molecule has 0 aliphatic rings. The maximum atomic E-state index is 11.0. The summed E-state index contributed by atoms with van der Waals surface area (Å²) in [6, 6.07) is 18.8. The van der Waals surface area contributed by atoms with E-state index in [2.05, 4.69) is 30.6 Å². The van der Waals surface area contributed by atoms with Crippen molar-refractivity contribution in [2.24, 2.45) is 0 Å². The fraction of sp³-hybridized carbons (Fsp3) is 0.143. The lowest BCUT2D eigenvalue weighted by Crippen LogP contribution is -2.04. The van der Waals surface area contributed by atoms with E-state index in [4.69, 9.17) is 10.4 Å². The zero-order valence-corrected chi connectivity index (χ0v) is 14.2. The highest BCUT2D eigenvalue weighted by Gasteiger charge is 2.11. The third kappa shape index (κ3) is 3.31. The number of hydrogen-bond acceptors (Lipinski definition) is 2. The molecule has 0 amide bonds. The zero-order chi connectivity index (χ0) is 18.0. The summed E-state index contributed by atoms with van der Waals surface area (Å²) in [5.74, 6) is -0.914. The second-order valence-corrected chi connectivity index (χ2v) is 6.06. The first-order valence-electron chi connectivity index (χ1n) is 7.99. The predicted molar refractivity (Wildman–Crippen MR) is 96.6 cm³/mol. The van der Waals surface area contributed by atoms with Crippen LogP contribution in [0.5, 0.6) is 0 Å². The Kier molecular flexibility index (Phi) is 4.40. The van der Waals surface area contributed by atoms with E-state index in [9.17, 15) is 4.79 Å². The van der Waals surface area contributed by atoms with Gasteiger partial charge in [0.05, 0.1) is 17.2 Å². The van der Waals surface area contributed by atoms with Crippen molar-refractivity contribution in [3.63, 3.8) is 0 Å². The van der Waals surface area contributed by atoms with Crippen molar-refractivity contribution in [1.29, 1.82) is 5.26 Å². The van der Waals surface area contributed by atoms with Crippen molar-refractivity contribution in [2.45, 2.75) is 20.4 Å². The van der Waals surface area contributed by atoms with Crippen LogP contribution in [0.1, 0.15) is 32.9 Å². The molecule has 0 saturated carbocycles. The molecule has 0 spiro atoms. The Morgan fingerprint density at radius 3 is 2.28 bits per heavy atom. The van der Waals surface area contributed by atoms with Crippen molar-refractivity contribution in [2.75, 3.05) is 0 Å². The molecular weight excluding hydrogens is 312 g/mol. The highest BCUT2D eigenvalue weighted by Crippen LogP contribution is 2.28. The number of rotatable bonds is 4. The minimum Gasteiger partial charge on any atom is -0.478 e. The number of nitrogens with zero attached hydrogens (tertiary/aromatic N) is 2. The number of carboxylic acid groups (broad SMARTS) is 1. The molecule has 3 rings (SSSR count). The van der Waals surface area contributed by atoms with Gasteiger partial charge in [-0.15, -0.1) is 0 Å². The van der Waals surface area contributed by atoms with Gasteiger partial charge in [-0.2, -0.15) is 5.26 Å². The number of aryl methyl sites for hydroxylation is 1. The fourth-order valence-electron chi connectivity index (χ4n) is 3.00. The fourth-order valence-corrected chi connectivity index (χ4v) is 3.00. The van der Waals surface area contributed by atoms with Crippen LogP contribution in [0.4, 0.5) is 0 Å². The molecule has 3 aromatic rings. The predicted octanol–water partition coefficient (Wildman–Crippen LogP) is 4.39. The van der Waals surface area contributed by atoms with Gasteiger partial charge in [0.25, 0.3) is 0 Å². The smallest absolute Gasteiger partial charge is 0.335 e. The topological polar surface area (TPSA) is 66.0 Å². The molecule has 4 heteroatoms. The lowest BCUT2D eigenvalue weighted by atomic mass is 10.0. The summed E-state index contributed by atoms with van der Waals surface area (Å²) in [7, 11) is 0. The summed E-state index contributed by atoms with van der Waals surface area (Å²) in [6.45, 7) is 4.83. The molecule has 1 aromatic heterocycles. The molecule has 1 N–H and O–H groups in total. The highest BCUT2D eigenvalue weighted by molar-refractivity contribution is 5.87. The lowest BCUT2D eigenvalue weighted by molar-refractivity contribution is 0.0697. The second kappa shape index (κ2) is 6.66. The van der Waals surface area contributed by atoms with E-state index < -0.39 is 5.97 Å². The number of carboxylic acids is 1. The monoisotopic (exact) mass is 330 g/mol. The van der Waals surface area contributed by atoms with Crippen LogP contribution in [0.25, 0.3) is 11.1 Å². The van der Waals surface area contributed by atoms with Crippen LogP contribution in [-0.2, 0) is 6.54 Å². The first-order chi connectivity index (χ1) is 12.0. The summed E-state index contributed by atoms with van der Waals surface area (Å²) in [4.78, 5) is 11.0. The SMILES string of the molecule is Cc1cc(-c2ccc(C#N)cc2)c(C)n1Cc1ccc(C(=O)O)cc1. The Morgan fingerprint density at radius 1 is 1.08 bits per heavy atom. The Hall–Kier alpha value is -3.32. The molecule has 0 aliphatic heterocycles. The van der Waals surface area contributed by atoms with Gasteiger partial charge in [0.1, 0.15) is 0 Å². The first-order valence-corrected chi connectivity index (χ1v) is 7.99. The molecule has 2 aromatic carbocycles. The number of aromatic carboxylic acids is 1. The van der Waals surface area contributed by atoms with Crippen molar-refractivity contribution >= 4 is 5.97 Å². The van der Waals surface area contributed by atoms with Gasteiger partial charge in [-0.3, -0.25) is 0 Å². The van der Waals surface area contributed by atoms with Gasteiger partial charge in [0.2, 0.25) is 0 Å². The Labute approximate surface area is 146 Å².